The summed E-state index contributed by atoms with van der Waals surface area (Å²) in [6.45, 7) is 2.12. The van der Waals surface area contributed by atoms with Gasteiger partial charge in [0.25, 0.3) is 0 Å². The molecule has 0 radical (unpaired) electrons. The van der Waals surface area contributed by atoms with Gasteiger partial charge in [-0.1, -0.05) is 41.4 Å². The first-order valence-electron chi connectivity index (χ1n) is 6.40. The van der Waals surface area contributed by atoms with Gasteiger partial charge in [-0.25, -0.2) is 4.98 Å². The predicted molar refractivity (Wildman–Crippen MR) is 79.7 cm³/mol. The largest absolute Gasteiger partial charge is 0.342 e. The zero-order chi connectivity index (χ0) is 13.2. The minimum absolute atomic E-state index is 0.737. The van der Waals surface area contributed by atoms with Crippen LogP contribution < -0.4 is 0 Å². The van der Waals surface area contributed by atoms with Crippen molar-refractivity contribution < 1.29 is 0 Å². The second-order valence-electron chi connectivity index (χ2n) is 4.83. The highest BCUT2D eigenvalue weighted by Crippen LogP contribution is 2.18. The van der Waals surface area contributed by atoms with Gasteiger partial charge in [-0.15, -0.1) is 0 Å². The SMILES string of the molecule is Cc1cccc(CCc2nc3ccc(Cl)cc3[nH]2)c1. The molecule has 0 unspecified atom stereocenters. The number of nitrogens with one attached hydrogen (secondary N) is 1. The lowest BCUT2D eigenvalue weighted by atomic mass is 10.1. The van der Waals surface area contributed by atoms with E-state index in [4.69, 9.17) is 11.6 Å². The van der Waals surface area contributed by atoms with E-state index >= 15 is 0 Å². The van der Waals surface area contributed by atoms with Crippen LogP contribution >= 0.6 is 11.6 Å². The second-order valence-corrected chi connectivity index (χ2v) is 5.27. The molecule has 0 saturated heterocycles. The number of nitrogens with zero attached hydrogens (tertiary/aromatic N) is 1. The minimum atomic E-state index is 0.737. The van der Waals surface area contributed by atoms with E-state index in [1.54, 1.807) is 0 Å². The number of aromatic amines is 1. The van der Waals surface area contributed by atoms with Crippen molar-refractivity contribution in [3.8, 4) is 0 Å². The first-order valence-corrected chi connectivity index (χ1v) is 6.78. The standard InChI is InChI=1S/C16H15ClN2/c1-11-3-2-4-12(9-11)5-8-16-18-14-7-6-13(17)10-15(14)19-16/h2-4,6-7,9-10H,5,8H2,1H3,(H,18,19). The van der Waals surface area contributed by atoms with Crippen LogP contribution in [0.3, 0.4) is 0 Å². The molecule has 19 heavy (non-hydrogen) atoms. The number of benzene rings is 2. The molecular formula is C16H15ClN2. The van der Waals surface area contributed by atoms with Crippen molar-refractivity contribution in [1.29, 1.82) is 0 Å². The Hall–Kier alpha value is -1.80. The molecule has 3 rings (SSSR count). The summed E-state index contributed by atoms with van der Waals surface area (Å²) >= 11 is 5.97. The van der Waals surface area contributed by atoms with Crippen molar-refractivity contribution in [1.82, 2.24) is 9.97 Å². The summed E-state index contributed by atoms with van der Waals surface area (Å²) in [6, 6.07) is 14.3. The summed E-state index contributed by atoms with van der Waals surface area (Å²) in [6.07, 6.45) is 1.91. The molecule has 0 spiro atoms. The van der Waals surface area contributed by atoms with Crippen molar-refractivity contribution in [2.75, 3.05) is 0 Å². The summed E-state index contributed by atoms with van der Waals surface area (Å²) in [7, 11) is 0. The van der Waals surface area contributed by atoms with Gasteiger partial charge in [0.1, 0.15) is 5.82 Å². The van der Waals surface area contributed by atoms with Crippen LogP contribution in [0.4, 0.5) is 0 Å². The molecule has 1 heterocycles. The Balaban J connectivity index is 1.78. The summed E-state index contributed by atoms with van der Waals surface area (Å²) in [5.41, 5.74) is 4.63. The van der Waals surface area contributed by atoms with E-state index < -0.39 is 0 Å². The van der Waals surface area contributed by atoms with Gasteiger partial charge in [-0.05, 0) is 37.1 Å². The smallest absolute Gasteiger partial charge is 0.107 e. The molecule has 2 aromatic carbocycles. The summed E-state index contributed by atoms with van der Waals surface area (Å²) < 4.78 is 0. The Morgan fingerprint density at radius 3 is 2.84 bits per heavy atom. The van der Waals surface area contributed by atoms with Crippen LogP contribution in [0.15, 0.2) is 42.5 Å². The number of halogens is 1. The molecule has 1 N–H and O–H groups in total. The van der Waals surface area contributed by atoms with Crippen LogP contribution in [0.1, 0.15) is 17.0 Å². The lowest BCUT2D eigenvalue weighted by Crippen LogP contribution is -1.93. The third-order valence-electron chi connectivity index (χ3n) is 3.23. The van der Waals surface area contributed by atoms with Crippen molar-refractivity contribution >= 4 is 22.6 Å². The number of rotatable bonds is 3. The number of fused-ring (bicyclic) bond motifs is 1. The first-order chi connectivity index (χ1) is 9.20. The van der Waals surface area contributed by atoms with Crippen LogP contribution in [0.5, 0.6) is 0 Å². The van der Waals surface area contributed by atoms with Crippen LogP contribution in [-0.4, -0.2) is 9.97 Å². The highest BCUT2D eigenvalue weighted by atomic mass is 35.5. The quantitative estimate of drug-likeness (QED) is 0.755. The summed E-state index contributed by atoms with van der Waals surface area (Å²) in [5, 5.41) is 0.737. The summed E-state index contributed by atoms with van der Waals surface area (Å²) in [4.78, 5) is 7.90. The Kier molecular flexibility index (Phi) is 3.26. The van der Waals surface area contributed by atoms with Crippen LogP contribution in [-0.2, 0) is 12.8 Å². The molecule has 0 fully saturated rings. The Morgan fingerprint density at radius 2 is 2.00 bits per heavy atom. The molecule has 96 valence electrons. The van der Waals surface area contributed by atoms with E-state index in [0.717, 1.165) is 34.7 Å². The molecular weight excluding hydrogens is 256 g/mol. The number of aromatic nitrogens is 2. The Labute approximate surface area is 117 Å². The van der Waals surface area contributed by atoms with Crippen LogP contribution in [0.25, 0.3) is 11.0 Å². The van der Waals surface area contributed by atoms with Gasteiger partial charge in [0.05, 0.1) is 11.0 Å². The van der Waals surface area contributed by atoms with Crippen molar-refractivity contribution in [2.24, 2.45) is 0 Å². The second kappa shape index (κ2) is 5.06. The third-order valence-corrected chi connectivity index (χ3v) is 3.46. The Bertz CT molecular complexity index is 716. The average Bonchev–Trinajstić information content (AvgIpc) is 2.78. The van der Waals surface area contributed by atoms with E-state index in [1.807, 2.05) is 18.2 Å². The number of H-pyrrole nitrogens is 1. The van der Waals surface area contributed by atoms with Gasteiger partial charge in [0.2, 0.25) is 0 Å². The molecule has 1 aromatic heterocycles. The van der Waals surface area contributed by atoms with Gasteiger partial charge in [0.15, 0.2) is 0 Å². The van der Waals surface area contributed by atoms with Gasteiger partial charge in [0, 0.05) is 11.4 Å². The molecule has 3 heteroatoms. The fourth-order valence-electron chi connectivity index (χ4n) is 2.28. The number of hydrogen-bond donors (Lipinski definition) is 1. The molecule has 0 aliphatic heterocycles. The first kappa shape index (κ1) is 12.2. The molecule has 2 nitrogen and oxygen atoms in total. The van der Waals surface area contributed by atoms with Gasteiger partial charge < -0.3 is 4.98 Å². The normalized spacial score (nSPS) is 11.1. The lowest BCUT2D eigenvalue weighted by Gasteiger charge is -2.00. The maximum Gasteiger partial charge on any atom is 0.107 e. The lowest BCUT2D eigenvalue weighted by molar-refractivity contribution is 0.889. The zero-order valence-corrected chi connectivity index (χ0v) is 11.5. The molecule has 0 bridgehead atoms. The molecule has 0 saturated carbocycles. The highest BCUT2D eigenvalue weighted by Gasteiger charge is 2.03. The number of imidazole rings is 1. The minimum Gasteiger partial charge on any atom is -0.342 e. The van der Waals surface area contributed by atoms with E-state index in [9.17, 15) is 0 Å². The monoisotopic (exact) mass is 270 g/mol. The van der Waals surface area contributed by atoms with Gasteiger partial charge in [-0.2, -0.15) is 0 Å². The fraction of sp³-hybridized carbons (Fsp3) is 0.188. The maximum atomic E-state index is 5.97. The van der Waals surface area contributed by atoms with E-state index in [0.29, 0.717) is 0 Å². The molecule has 0 atom stereocenters. The topological polar surface area (TPSA) is 28.7 Å². The predicted octanol–water partition coefficient (Wildman–Crippen LogP) is 4.31. The molecule has 3 aromatic rings. The fourth-order valence-corrected chi connectivity index (χ4v) is 2.46. The van der Waals surface area contributed by atoms with Crippen LogP contribution in [0.2, 0.25) is 5.02 Å². The van der Waals surface area contributed by atoms with Crippen molar-refractivity contribution in [3.05, 3.63) is 64.4 Å². The van der Waals surface area contributed by atoms with E-state index in [-0.39, 0.29) is 0 Å². The van der Waals surface area contributed by atoms with E-state index in [1.165, 1.54) is 11.1 Å². The van der Waals surface area contributed by atoms with Gasteiger partial charge in [-0.3, -0.25) is 0 Å². The summed E-state index contributed by atoms with van der Waals surface area (Å²) in [5.74, 6) is 1.01. The van der Waals surface area contributed by atoms with Crippen LogP contribution in [0, 0.1) is 6.92 Å². The molecule has 0 aliphatic rings. The van der Waals surface area contributed by atoms with Crippen molar-refractivity contribution in [2.45, 2.75) is 19.8 Å². The van der Waals surface area contributed by atoms with E-state index in [2.05, 4.69) is 41.2 Å². The molecule has 0 amide bonds. The number of aryl methyl sites for hydroxylation is 3. The average molecular weight is 271 g/mol. The highest BCUT2D eigenvalue weighted by molar-refractivity contribution is 6.31. The number of hydrogen-bond acceptors (Lipinski definition) is 1. The maximum absolute atomic E-state index is 5.97. The van der Waals surface area contributed by atoms with Crippen molar-refractivity contribution in [3.63, 3.8) is 0 Å². The zero-order valence-electron chi connectivity index (χ0n) is 10.8. The Morgan fingerprint density at radius 1 is 1.11 bits per heavy atom. The van der Waals surface area contributed by atoms with Gasteiger partial charge >= 0.3 is 0 Å². The third kappa shape index (κ3) is 2.79. The molecule has 0 aliphatic carbocycles.